The van der Waals surface area contributed by atoms with Crippen LogP contribution in [0.3, 0.4) is 0 Å². The summed E-state index contributed by atoms with van der Waals surface area (Å²) in [6.45, 7) is 1.80. The first kappa shape index (κ1) is 8.10. The third-order valence-electron chi connectivity index (χ3n) is 1.79. The van der Waals surface area contributed by atoms with E-state index < -0.39 is 6.43 Å². The molecule has 0 unspecified atom stereocenters. The van der Waals surface area contributed by atoms with Crippen molar-refractivity contribution < 1.29 is 8.78 Å². The molecule has 0 aliphatic carbocycles. The summed E-state index contributed by atoms with van der Waals surface area (Å²) in [5.74, 6) is 0. The average molecular weight is 183 g/mol. The van der Waals surface area contributed by atoms with E-state index in [1.807, 2.05) is 0 Å². The van der Waals surface area contributed by atoms with Crippen molar-refractivity contribution >= 4 is 11.0 Å². The first-order valence-corrected chi connectivity index (χ1v) is 3.77. The lowest BCUT2D eigenvalue weighted by atomic mass is 10.2. The lowest BCUT2D eigenvalue weighted by molar-refractivity contribution is 0.147. The standard InChI is InChI=1S/C8H7F2N3/c1-4-2-5-6(7(9)10)12-13-8(5)11-3-4/h2-3,7H,1H3,(H,11,12,13). The van der Waals surface area contributed by atoms with Crippen LogP contribution in [0.2, 0.25) is 0 Å². The molecule has 0 fully saturated rings. The third-order valence-corrected chi connectivity index (χ3v) is 1.79. The smallest absolute Gasteiger partial charge is 0.274 e. The summed E-state index contributed by atoms with van der Waals surface area (Å²) in [6, 6.07) is 1.65. The predicted octanol–water partition coefficient (Wildman–Crippen LogP) is 2.20. The van der Waals surface area contributed by atoms with Gasteiger partial charge in [0.05, 0.1) is 0 Å². The normalized spacial score (nSPS) is 11.4. The third kappa shape index (κ3) is 1.26. The van der Waals surface area contributed by atoms with Gasteiger partial charge in [0.2, 0.25) is 0 Å². The van der Waals surface area contributed by atoms with Gasteiger partial charge in [-0.3, -0.25) is 5.10 Å². The van der Waals surface area contributed by atoms with E-state index >= 15 is 0 Å². The molecule has 0 spiro atoms. The van der Waals surface area contributed by atoms with Gasteiger partial charge < -0.3 is 0 Å². The molecule has 0 aliphatic rings. The van der Waals surface area contributed by atoms with Gasteiger partial charge in [0.25, 0.3) is 6.43 Å². The number of aromatic amines is 1. The van der Waals surface area contributed by atoms with Crippen molar-refractivity contribution in [2.45, 2.75) is 13.3 Å². The molecule has 0 amide bonds. The van der Waals surface area contributed by atoms with Crippen molar-refractivity contribution in [1.29, 1.82) is 0 Å². The van der Waals surface area contributed by atoms with Crippen molar-refractivity contribution in [2.24, 2.45) is 0 Å². The minimum absolute atomic E-state index is 0.161. The molecule has 5 heteroatoms. The number of hydrogen-bond acceptors (Lipinski definition) is 2. The van der Waals surface area contributed by atoms with Crippen LogP contribution < -0.4 is 0 Å². The average Bonchev–Trinajstić information content (AvgIpc) is 2.46. The molecule has 13 heavy (non-hydrogen) atoms. The summed E-state index contributed by atoms with van der Waals surface area (Å²) in [5, 5.41) is 6.34. The molecule has 1 N–H and O–H groups in total. The molecule has 0 radical (unpaired) electrons. The van der Waals surface area contributed by atoms with Crippen LogP contribution in [0.5, 0.6) is 0 Å². The minimum Gasteiger partial charge on any atom is -0.274 e. The van der Waals surface area contributed by atoms with Gasteiger partial charge in [0, 0.05) is 11.6 Å². The lowest BCUT2D eigenvalue weighted by Gasteiger charge is -1.95. The maximum atomic E-state index is 12.4. The lowest BCUT2D eigenvalue weighted by Crippen LogP contribution is -1.85. The summed E-state index contributed by atoms with van der Waals surface area (Å²) >= 11 is 0. The van der Waals surface area contributed by atoms with E-state index in [-0.39, 0.29) is 5.69 Å². The molecule has 0 bridgehead atoms. The zero-order valence-electron chi connectivity index (χ0n) is 6.88. The molecular formula is C8H7F2N3. The van der Waals surface area contributed by atoms with Crippen LogP contribution >= 0.6 is 0 Å². The second-order valence-electron chi connectivity index (χ2n) is 2.82. The Bertz CT molecular complexity index is 436. The van der Waals surface area contributed by atoms with Crippen LogP contribution in [0.4, 0.5) is 8.78 Å². The van der Waals surface area contributed by atoms with Crippen LogP contribution in [-0.4, -0.2) is 15.2 Å². The van der Waals surface area contributed by atoms with E-state index in [4.69, 9.17) is 0 Å². The van der Waals surface area contributed by atoms with Gasteiger partial charge in [-0.2, -0.15) is 5.10 Å². The van der Waals surface area contributed by atoms with E-state index in [1.54, 1.807) is 19.2 Å². The van der Waals surface area contributed by atoms with Crippen LogP contribution in [0.15, 0.2) is 12.3 Å². The monoisotopic (exact) mass is 183 g/mol. The molecule has 2 aromatic heterocycles. The first-order chi connectivity index (χ1) is 6.18. The molecule has 2 aromatic rings. The van der Waals surface area contributed by atoms with Crippen LogP contribution in [0.1, 0.15) is 17.7 Å². The molecule has 68 valence electrons. The molecule has 0 aliphatic heterocycles. The van der Waals surface area contributed by atoms with Gasteiger partial charge in [0.1, 0.15) is 5.69 Å². The number of nitrogens with one attached hydrogen (secondary N) is 1. The van der Waals surface area contributed by atoms with Gasteiger partial charge in [-0.25, -0.2) is 13.8 Å². The second-order valence-corrected chi connectivity index (χ2v) is 2.82. The van der Waals surface area contributed by atoms with Gasteiger partial charge >= 0.3 is 0 Å². The fraction of sp³-hybridized carbons (Fsp3) is 0.250. The predicted molar refractivity (Wildman–Crippen MR) is 43.6 cm³/mol. The summed E-state index contributed by atoms with van der Waals surface area (Å²) in [7, 11) is 0. The fourth-order valence-electron chi connectivity index (χ4n) is 1.19. The van der Waals surface area contributed by atoms with Crippen molar-refractivity contribution in [3.8, 4) is 0 Å². The van der Waals surface area contributed by atoms with Crippen LogP contribution in [0.25, 0.3) is 11.0 Å². The Kier molecular flexibility index (Phi) is 1.72. The molecule has 0 atom stereocenters. The van der Waals surface area contributed by atoms with E-state index in [9.17, 15) is 8.78 Å². The molecule has 2 rings (SSSR count). The van der Waals surface area contributed by atoms with Gasteiger partial charge in [-0.15, -0.1) is 0 Å². The topological polar surface area (TPSA) is 41.6 Å². The Hall–Kier alpha value is -1.52. The van der Waals surface area contributed by atoms with Gasteiger partial charge in [-0.05, 0) is 18.6 Å². The van der Waals surface area contributed by atoms with Gasteiger partial charge in [0.15, 0.2) is 5.65 Å². The quantitative estimate of drug-likeness (QED) is 0.736. The zero-order valence-corrected chi connectivity index (χ0v) is 6.88. The zero-order chi connectivity index (χ0) is 9.42. The molecule has 3 nitrogen and oxygen atoms in total. The number of rotatable bonds is 1. The number of aromatic nitrogens is 3. The van der Waals surface area contributed by atoms with Gasteiger partial charge in [-0.1, -0.05) is 0 Å². The minimum atomic E-state index is -2.53. The van der Waals surface area contributed by atoms with Crippen molar-refractivity contribution in [3.63, 3.8) is 0 Å². The van der Waals surface area contributed by atoms with E-state index in [1.165, 1.54) is 0 Å². The highest BCUT2D eigenvalue weighted by Gasteiger charge is 2.14. The van der Waals surface area contributed by atoms with E-state index in [0.717, 1.165) is 5.56 Å². The van der Waals surface area contributed by atoms with Crippen LogP contribution in [0, 0.1) is 6.92 Å². The molecule has 0 aromatic carbocycles. The summed E-state index contributed by atoms with van der Waals surface area (Å²) < 4.78 is 24.7. The highest BCUT2D eigenvalue weighted by Crippen LogP contribution is 2.24. The van der Waals surface area contributed by atoms with E-state index in [2.05, 4.69) is 15.2 Å². The Labute approximate surface area is 72.8 Å². The molecular weight excluding hydrogens is 176 g/mol. The fourth-order valence-corrected chi connectivity index (χ4v) is 1.19. The Balaban J connectivity index is 2.71. The summed E-state index contributed by atoms with van der Waals surface area (Å²) in [5.41, 5.74) is 1.02. The number of H-pyrrole nitrogens is 1. The Morgan fingerprint density at radius 1 is 1.46 bits per heavy atom. The highest BCUT2D eigenvalue weighted by atomic mass is 19.3. The number of halogens is 2. The number of pyridine rings is 1. The molecule has 0 saturated heterocycles. The maximum absolute atomic E-state index is 12.4. The van der Waals surface area contributed by atoms with Crippen molar-refractivity contribution in [2.75, 3.05) is 0 Å². The number of nitrogens with zero attached hydrogens (tertiary/aromatic N) is 2. The Morgan fingerprint density at radius 2 is 2.23 bits per heavy atom. The van der Waals surface area contributed by atoms with E-state index in [0.29, 0.717) is 11.0 Å². The van der Waals surface area contributed by atoms with Crippen molar-refractivity contribution in [1.82, 2.24) is 15.2 Å². The maximum Gasteiger partial charge on any atom is 0.280 e. The SMILES string of the molecule is Cc1cnc2n[nH]c(C(F)F)c2c1. The number of hydrogen-bond donors (Lipinski definition) is 1. The number of alkyl halides is 2. The summed E-state index contributed by atoms with van der Waals surface area (Å²) in [4.78, 5) is 3.91. The second kappa shape index (κ2) is 2.76. The largest absolute Gasteiger partial charge is 0.280 e. The summed E-state index contributed by atoms with van der Waals surface area (Å²) in [6.07, 6.45) is -0.938. The Morgan fingerprint density at radius 3 is 2.92 bits per heavy atom. The molecule has 2 heterocycles. The van der Waals surface area contributed by atoms with Crippen molar-refractivity contribution in [3.05, 3.63) is 23.5 Å². The number of fused-ring (bicyclic) bond motifs is 1. The number of aryl methyl sites for hydroxylation is 1. The first-order valence-electron chi connectivity index (χ1n) is 3.77. The van der Waals surface area contributed by atoms with Crippen LogP contribution in [-0.2, 0) is 0 Å². The highest BCUT2D eigenvalue weighted by molar-refractivity contribution is 5.78. The molecule has 0 saturated carbocycles.